The van der Waals surface area contributed by atoms with Gasteiger partial charge in [0.25, 0.3) is 0 Å². The SMILES string of the molecule is CCCCCCN(C)C(=O)C1CCCN1C(=O)/C(C)=C/[C@H](C(C)C)N(C)C(=O)C(NC(=O)C1CCCCN1C(C)C)C(C)(C)C. The van der Waals surface area contributed by atoms with Gasteiger partial charge in [0, 0.05) is 38.8 Å². The number of hydrogen-bond donors (Lipinski definition) is 1. The average molecular weight is 632 g/mol. The second kappa shape index (κ2) is 17.5. The van der Waals surface area contributed by atoms with Crippen LogP contribution in [0.5, 0.6) is 0 Å². The quantitative estimate of drug-likeness (QED) is 0.209. The number of piperidine rings is 1. The second-order valence-corrected chi connectivity index (χ2v) is 15.2. The van der Waals surface area contributed by atoms with Crippen LogP contribution in [0.15, 0.2) is 11.6 Å². The Morgan fingerprint density at radius 1 is 0.911 bits per heavy atom. The van der Waals surface area contributed by atoms with E-state index >= 15 is 0 Å². The average Bonchev–Trinajstić information content (AvgIpc) is 3.48. The van der Waals surface area contributed by atoms with Crippen molar-refractivity contribution in [3.63, 3.8) is 0 Å². The Hall–Kier alpha value is -2.42. The van der Waals surface area contributed by atoms with Crippen LogP contribution in [-0.4, -0.2) is 107 Å². The van der Waals surface area contributed by atoms with Crippen molar-refractivity contribution < 1.29 is 19.2 Å². The van der Waals surface area contributed by atoms with Crippen molar-refractivity contribution in [3.05, 3.63) is 11.6 Å². The number of nitrogens with zero attached hydrogens (tertiary/aromatic N) is 4. The molecule has 2 aliphatic rings. The van der Waals surface area contributed by atoms with Crippen LogP contribution in [0.3, 0.4) is 0 Å². The van der Waals surface area contributed by atoms with E-state index in [1.807, 2.05) is 47.7 Å². The second-order valence-electron chi connectivity index (χ2n) is 15.2. The zero-order chi connectivity index (χ0) is 34.1. The fraction of sp³-hybridized carbons (Fsp3) is 0.833. The molecule has 2 saturated heterocycles. The van der Waals surface area contributed by atoms with Gasteiger partial charge >= 0.3 is 0 Å². The largest absolute Gasteiger partial charge is 0.344 e. The molecular formula is C36H65N5O4. The first kappa shape index (κ1) is 38.8. The van der Waals surface area contributed by atoms with Crippen LogP contribution < -0.4 is 5.32 Å². The molecular weight excluding hydrogens is 566 g/mol. The predicted molar refractivity (Wildman–Crippen MR) is 183 cm³/mol. The van der Waals surface area contributed by atoms with Crippen LogP contribution in [0.2, 0.25) is 0 Å². The zero-order valence-electron chi connectivity index (χ0n) is 30.4. The summed E-state index contributed by atoms with van der Waals surface area (Å²) in [5.74, 6) is -0.373. The van der Waals surface area contributed by atoms with Crippen molar-refractivity contribution in [2.24, 2.45) is 11.3 Å². The molecule has 9 heteroatoms. The maximum absolute atomic E-state index is 14.1. The topological polar surface area (TPSA) is 93.3 Å². The van der Waals surface area contributed by atoms with Gasteiger partial charge in [-0.05, 0) is 70.8 Å². The zero-order valence-corrected chi connectivity index (χ0v) is 30.4. The molecule has 2 fully saturated rings. The summed E-state index contributed by atoms with van der Waals surface area (Å²) in [6.45, 7) is 20.3. The molecule has 0 aromatic heterocycles. The summed E-state index contributed by atoms with van der Waals surface area (Å²) in [5.41, 5.74) is 0.0184. The number of amides is 4. The molecule has 9 nitrogen and oxygen atoms in total. The van der Waals surface area contributed by atoms with E-state index in [2.05, 4.69) is 31.0 Å². The van der Waals surface area contributed by atoms with Crippen molar-refractivity contribution in [1.29, 1.82) is 0 Å². The Morgan fingerprint density at radius 3 is 2.13 bits per heavy atom. The van der Waals surface area contributed by atoms with Crippen molar-refractivity contribution in [1.82, 2.24) is 24.9 Å². The number of unbranched alkanes of at least 4 members (excludes halogenated alkanes) is 3. The third-order valence-electron chi connectivity index (χ3n) is 9.67. The van der Waals surface area contributed by atoms with E-state index in [-0.39, 0.29) is 47.7 Å². The molecule has 45 heavy (non-hydrogen) atoms. The van der Waals surface area contributed by atoms with Crippen LogP contribution in [-0.2, 0) is 19.2 Å². The maximum atomic E-state index is 14.1. The van der Waals surface area contributed by atoms with E-state index in [0.717, 1.165) is 57.9 Å². The third-order valence-corrected chi connectivity index (χ3v) is 9.67. The van der Waals surface area contributed by atoms with E-state index < -0.39 is 17.5 Å². The van der Waals surface area contributed by atoms with Gasteiger partial charge in [0.05, 0.1) is 12.1 Å². The summed E-state index contributed by atoms with van der Waals surface area (Å²) in [6.07, 6.45) is 10.6. The van der Waals surface area contributed by atoms with Gasteiger partial charge in [0.15, 0.2) is 0 Å². The van der Waals surface area contributed by atoms with Gasteiger partial charge in [0.1, 0.15) is 12.1 Å². The van der Waals surface area contributed by atoms with Crippen LogP contribution in [0.1, 0.15) is 120 Å². The minimum Gasteiger partial charge on any atom is -0.344 e. The molecule has 1 N–H and O–H groups in total. The van der Waals surface area contributed by atoms with Gasteiger partial charge in [-0.3, -0.25) is 24.1 Å². The number of likely N-dealkylation sites (N-methyl/N-ethyl adjacent to an activating group) is 2. The normalized spacial score (nSPS) is 21.2. The van der Waals surface area contributed by atoms with E-state index in [1.54, 1.807) is 28.7 Å². The maximum Gasteiger partial charge on any atom is 0.249 e. The van der Waals surface area contributed by atoms with E-state index in [4.69, 9.17) is 0 Å². The van der Waals surface area contributed by atoms with E-state index in [9.17, 15) is 19.2 Å². The molecule has 3 unspecified atom stereocenters. The highest BCUT2D eigenvalue weighted by Gasteiger charge is 2.40. The minimum atomic E-state index is -0.718. The number of nitrogens with one attached hydrogen (secondary N) is 1. The van der Waals surface area contributed by atoms with Gasteiger partial charge in [-0.25, -0.2) is 0 Å². The van der Waals surface area contributed by atoms with Gasteiger partial charge in [-0.2, -0.15) is 0 Å². The lowest BCUT2D eigenvalue weighted by Crippen LogP contribution is -2.60. The Labute approximate surface area is 274 Å². The Balaban J connectivity index is 2.22. The first-order chi connectivity index (χ1) is 21.0. The van der Waals surface area contributed by atoms with Gasteiger partial charge < -0.3 is 20.0 Å². The molecule has 2 heterocycles. The molecule has 0 bridgehead atoms. The fourth-order valence-corrected chi connectivity index (χ4v) is 6.80. The van der Waals surface area contributed by atoms with E-state index in [0.29, 0.717) is 25.1 Å². The molecule has 2 rings (SSSR count). The highest BCUT2D eigenvalue weighted by molar-refractivity contribution is 5.97. The number of likely N-dealkylation sites (tertiary alicyclic amines) is 2. The van der Waals surface area contributed by atoms with E-state index in [1.165, 1.54) is 0 Å². The summed E-state index contributed by atoms with van der Waals surface area (Å²) in [7, 11) is 3.61. The summed E-state index contributed by atoms with van der Waals surface area (Å²) >= 11 is 0. The van der Waals surface area contributed by atoms with Crippen molar-refractivity contribution in [3.8, 4) is 0 Å². The highest BCUT2D eigenvalue weighted by atomic mass is 16.2. The molecule has 4 atom stereocenters. The lowest BCUT2D eigenvalue weighted by atomic mass is 9.84. The molecule has 4 amide bonds. The number of carbonyl (C=O) groups excluding carboxylic acids is 4. The molecule has 2 aliphatic heterocycles. The molecule has 0 spiro atoms. The minimum absolute atomic E-state index is 0.00983. The Morgan fingerprint density at radius 2 is 1.56 bits per heavy atom. The fourth-order valence-electron chi connectivity index (χ4n) is 6.80. The third kappa shape index (κ3) is 10.5. The number of hydrogen-bond acceptors (Lipinski definition) is 5. The van der Waals surface area contributed by atoms with Gasteiger partial charge in [0.2, 0.25) is 23.6 Å². The van der Waals surface area contributed by atoms with Crippen LogP contribution in [0.25, 0.3) is 0 Å². The molecule has 0 aromatic carbocycles. The first-order valence-corrected chi connectivity index (χ1v) is 17.6. The Bertz CT molecular complexity index is 1030. The Kier molecular flexibility index (Phi) is 15.1. The summed E-state index contributed by atoms with van der Waals surface area (Å²) in [6, 6.07) is -1.51. The number of rotatable bonds is 14. The monoisotopic (exact) mass is 632 g/mol. The summed E-state index contributed by atoms with van der Waals surface area (Å²) in [5, 5.41) is 3.15. The summed E-state index contributed by atoms with van der Waals surface area (Å²) in [4.78, 5) is 62.3. The van der Waals surface area contributed by atoms with Crippen molar-refractivity contribution >= 4 is 23.6 Å². The van der Waals surface area contributed by atoms with Gasteiger partial charge in [-0.15, -0.1) is 0 Å². The van der Waals surface area contributed by atoms with Crippen LogP contribution in [0, 0.1) is 11.3 Å². The van der Waals surface area contributed by atoms with Crippen LogP contribution in [0.4, 0.5) is 0 Å². The molecule has 0 saturated carbocycles. The molecule has 258 valence electrons. The predicted octanol–water partition coefficient (Wildman–Crippen LogP) is 5.24. The lowest BCUT2D eigenvalue weighted by Gasteiger charge is -2.41. The summed E-state index contributed by atoms with van der Waals surface area (Å²) < 4.78 is 0. The van der Waals surface area contributed by atoms with Crippen LogP contribution >= 0.6 is 0 Å². The molecule has 0 aliphatic carbocycles. The van der Waals surface area contributed by atoms with Crippen molar-refractivity contribution in [2.75, 3.05) is 33.7 Å². The smallest absolute Gasteiger partial charge is 0.249 e. The lowest BCUT2D eigenvalue weighted by molar-refractivity contribution is -0.142. The van der Waals surface area contributed by atoms with Crippen molar-refractivity contribution in [2.45, 2.75) is 150 Å². The highest BCUT2D eigenvalue weighted by Crippen LogP contribution is 2.27. The molecule has 0 radical (unpaired) electrons. The first-order valence-electron chi connectivity index (χ1n) is 17.6. The molecule has 0 aromatic rings. The standard InChI is InChI=1S/C36H65N5O4/c1-12-13-14-16-21-38(10)34(44)29-20-18-23-41(29)33(43)27(6)24-30(25(2)3)39(11)35(45)31(36(7,8)9)37-32(42)28-19-15-17-22-40(28)26(4)5/h24-26,28-31H,12-23H2,1-11H3,(H,37,42)/b27-24+/t28?,29?,30-,31?/m1/s1. The number of carbonyl (C=O) groups is 4. The van der Waals surface area contributed by atoms with Gasteiger partial charge in [-0.1, -0.05) is 73.3 Å².